The third-order valence-corrected chi connectivity index (χ3v) is 2.74. The number of carbonyl (C=O) groups excluding carboxylic acids is 1. The Labute approximate surface area is 108 Å². The number of ether oxygens (including phenoxy) is 1. The van der Waals surface area contributed by atoms with Gasteiger partial charge >= 0.3 is 5.97 Å². The molecule has 0 fully saturated rings. The van der Waals surface area contributed by atoms with E-state index < -0.39 is 0 Å². The summed E-state index contributed by atoms with van der Waals surface area (Å²) < 4.78 is 6.38. The van der Waals surface area contributed by atoms with E-state index in [1.54, 1.807) is 10.7 Å². The smallest absolute Gasteiger partial charge is 0.358 e. The maximum atomic E-state index is 11.2. The molecule has 0 unspecified atom stereocenters. The number of hydrogen-bond acceptors (Lipinski definition) is 3. The van der Waals surface area contributed by atoms with E-state index in [1.807, 2.05) is 6.20 Å². The van der Waals surface area contributed by atoms with Gasteiger partial charge in [0.05, 0.1) is 7.11 Å². The Morgan fingerprint density at radius 3 is 2.83 bits per heavy atom. The molecular formula is C14H20N2O2. The van der Waals surface area contributed by atoms with Crippen molar-refractivity contribution >= 4 is 5.97 Å². The number of aromatic nitrogens is 2. The Morgan fingerprint density at radius 1 is 1.39 bits per heavy atom. The molecule has 98 valence electrons. The molecule has 1 rings (SSSR count). The first-order chi connectivity index (χ1) is 8.77. The van der Waals surface area contributed by atoms with Crippen LogP contribution in [0.15, 0.2) is 12.3 Å². The van der Waals surface area contributed by atoms with Crippen LogP contribution in [-0.4, -0.2) is 22.9 Å². The molecule has 4 nitrogen and oxygen atoms in total. The highest BCUT2D eigenvalue weighted by molar-refractivity contribution is 5.86. The van der Waals surface area contributed by atoms with Gasteiger partial charge in [0.2, 0.25) is 0 Å². The summed E-state index contributed by atoms with van der Waals surface area (Å²) in [5.74, 6) is 2.26. The van der Waals surface area contributed by atoms with Crippen molar-refractivity contribution in [1.82, 2.24) is 9.78 Å². The van der Waals surface area contributed by atoms with E-state index in [0.29, 0.717) is 5.69 Å². The Morgan fingerprint density at radius 2 is 2.11 bits per heavy atom. The summed E-state index contributed by atoms with van der Waals surface area (Å²) in [6.45, 7) is 0.839. The van der Waals surface area contributed by atoms with Crippen molar-refractivity contribution in [3.05, 3.63) is 18.0 Å². The Balaban J connectivity index is 2.14. The molecule has 0 saturated carbocycles. The number of methoxy groups -OCH3 is 1. The van der Waals surface area contributed by atoms with Gasteiger partial charge in [0.1, 0.15) is 0 Å². The fourth-order valence-electron chi connectivity index (χ4n) is 1.73. The van der Waals surface area contributed by atoms with Gasteiger partial charge in [-0.1, -0.05) is 19.3 Å². The summed E-state index contributed by atoms with van der Waals surface area (Å²) >= 11 is 0. The van der Waals surface area contributed by atoms with Gasteiger partial charge in [-0.3, -0.25) is 4.68 Å². The van der Waals surface area contributed by atoms with Crippen molar-refractivity contribution < 1.29 is 9.53 Å². The van der Waals surface area contributed by atoms with Crippen LogP contribution in [0.25, 0.3) is 0 Å². The van der Waals surface area contributed by atoms with Gasteiger partial charge in [0.15, 0.2) is 5.69 Å². The quantitative estimate of drug-likeness (QED) is 0.403. The number of esters is 1. The largest absolute Gasteiger partial charge is 0.464 e. The molecule has 4 heteroatoms. The van der Waals surface area contributed by atoms with Crippen LogP contribution in [0.3, 0.4) is 0 Å². The van der Waals surface area contributed by atoms with Crippen LogP contribution in [-0.2, 0) is 11.3 Å². The number of nitrogens with zero attached hydrogens (tertiary/aromatic N) is 2. The maximum absolute atomic E-state index is 11.2. The zero-order valence-electron chi connectivity index (χ0n) is 10.9. The normalized spacial score (nSPS) is 10.0. The number of hydrogen-bond donors (Lipinski definition) is 0. The Hall–Kier alpha value is -1.76. The fourth-order valence-corrected chi connectivity index (χ4v) is 1.73. The van der Waals surface area contributed by atoms with E-state index >= 15 is 0 Å². The van der Waals surface area contributed by atoms with E-state index in [4.69, 9.17) is 6.42 Å². The molecule has 18 heavy (non-hydrogen) atoms. The molecule has 0 aromatic carbocycles. The molecule has 0 bridgehead atoms. The van der Waals surface area contributed by atoms with Crippen molar-refractivity contribution in [3.63, 3.8) is 0 Å². The SMILES string of the molecule is C#CCCCCCCCn1ccc(C(=O)OC)n1. The van der Waals surface area contributed by atoms with Crippen molar-refractivity contribution in [2.45, 2.75) is 45.1 Å². The second-order valence-electron chi connectivity index (χ2n) is 4.18. The summed E-state index contributed by atoms with van der Waals surface area (Å²) in [6, 6.07) is 1.68. The van der Waals surface area contributed by atoms with Gasteiger partial charge in [-0.2, -0.15) is 5.10 Å². The molecule has 1 aromatic heterocycles. The molecule has 0 radical (unpaired) electrons. The summed E-state index contributed by atoms with van der Waals surface area (Å²) in [5, 5.41) is 4.14. The van der Waals surface area contributed by atoms with Gasteiger partial charge in [-0.25, -0.2) is 4.79 Å². The number of unbranched alkanes of at least 4 members (excludes halogenated alkanes) is 5. The summed E-state index contributed by atoms with van der Waals surface area (Å²) in [6.07, 6.45) is 13.6. The van der Waals surface area contributed by atoms with Gasteiger partial charge in [-0.15, -0.1) is 12.3 Å². The van der Waals surface area contributed by atoms with Gasteiger partial charge in [-0.05, 0) is 18.9 Å². The van der Waals surface area contributed by atoms with Crippen LogP contribution in [0.2, 0.25) is 0 Å². The number of carbonyl (C=O) groups is 1. The molecule has 0 amide bonds. The molecule has 0 aliphatic carbocycles. The van der Waals surface area contributed by atoms with E-state index in [0.717, 1.165) is 32.2 Å². The highest BCUT2D eigenvalue weighted by Crippen LogP contribution is 2.06. The fraction of sp³-hybridized carbons (Fsp3) is 0.571. The summed E-state index contributed by atoms with van der Waals surface area (Å²) in [7, 11) is 1.36. The molecule has 0 saturated heterocycles. The standard InChI is InChI=1S/C14H20N2O2/c1-3-4-5-6-7-8-9-11-16-12-10-13(15-16)14(17)18-2/h1,10,12H,4-9,11H2,2H3. The van der Waals surface area contributed by atoms with Crippen LogP contribution in [0, 0.1) is 12.3 Å². The molecular weight excluding hydrogens is 228 g/mol. The third-order valence-electron chi connectivity index (χ3n) is 2.74. The summed E-state index contributed by atoms with van der Waals surface area (Å²) in [5.41, 5.74) is 0.367. The zero-order chi connectivity index (χ0) is 13.2. The zero-order valence-corrected chi connectivity index (χ0v) is 10.9. The average Bonchev–Trinajstić information content (AvgIpc) is 2.85. The number of terminal acetylenes is 1. The van der Waals surface area contributed by atoms with Crippen LogP contribution < -0.4 is 0 Å². The first kappa shape index (κ1) is 14.3. The molecule has 1 heterocycles. The third kappa shape index (κ3) is 5.05. The first-order valence-electron chi connectivity index (χ1n) is 6.33. The van der Waals surface area contributed by atoms with Crippen molar-refractivity contribution in [2.75, 3.05) is 7.11 Å². The highest BCUT2D eigenvalue weighted by atomic mass is 16.5. The van der Waals surface area contributed by atoms with Crippen LogP contribution >= 0.6 is 0 Å². The van der Waals surface area contributed by atoms with Gasteiger partial charge in [0.25, 0.3) is 0 Å². The topological polar surface area (TPSA) is 44.1 Å². The predicted octanol–water partition coefficient (Wildman–Crippen LogP) is 2.64. The van der Waals surface area contributed by atoms with Gasteiger partial charge < -0.3 is 4.74 Å². The molecule has 1 aromatic rings. The lowest BCUT2D eigenvalue weighted by molar-refractivity contribution is 0.0593. The Kier molecular flexibility index (Phi) is 6.63. The number of aryl methyl sites for hydroxylation is 1. The minimum Gasteiger partial charge on any atom is -0.464 e. The molecule has 0 atom stereocenters. The molecule has 0 aliphatic rings. The van der Waals surface area contributed by atoms with Gasteiger partial charge in [0, 0.05) is 19.2 Å². The minimum atomic E-state index is -0.386. The highest BCUT2D eigenvalue weighted by Gasteiger charge is 2.08. The lowest BCUT2D eigenvalue weighted by atomic mass is 10.1. The predicted molar refractivity (Wildman–Crippen MR) is 70.1 cm³/mol. The molecule has 0 spiro atoms. The average molecular weight is 248 g/mol. The van der Waals surface area contributed by atoms with Crippen molar-refractivity contribution in [3.8, 4) is 12.3 Å². The monoisotopic (exact) mass is 248 g/mol. The summed E-state index contributed by atoms with van der Waals surface area (Å²) in [4.78, 5) is 11.2. The lowest BCUT2D eigenvalue weighted by Crippen LogP contribution is -2.05. The van der Waals surface area contributed by atoms with E-state index in [9.17, 15) is 4.79 Å². The van der Waals surface area contributed by atoms with Crippen LogP contribution in [0.1, 0.15) is 49.0 Å². The minimum absolute atomic E-state index is 0.367. The second-order valence-corrected chi connectivity index (χ2v) is 4.18. The molecule has 0 N–H and O–H groups in total. The molecule has 0 aliphatic heterocycles. The van der Waals surface area contributed by atoms with E-state index in [-0.39, 0.29) is 5.97 Å². The van der Waals surface area contributed by atoms with Crippen LogP contribution in [0.5, 0.6) is 0 Å². The maximum Gasteiger partial charge on any atom is 0.358 e. The van der Waals surface area contributed by atoms with E-state index in [1.165, 1.54) is 20.0 Å². The van der Waals surface area contributed by atoms with Crippen LogP contribution in [0.4, 0.5) is 0 Å². The van der Waals surface area contributed by atoms with E-state index in [2.05, 4.69) is 15.8 Å². The lowest BCUT2D eigenvalue weighted by Gasteiger charge is -2.01. The Bertz CT molecular complexity index is 404. The first-order valence-corrected chi connectivity index (χ1v) is 6.33. The van der Waals surface area contributed by atoms with Crippen molar-refractivity contribution in [1.29, 1.82) is 0 Å². The number of rotatable bonds is 8. The second kappa shape index (κ2) is 8.35. The van der Waals surface area contributed by atoms with Crippen molar-refractivity contribution in [2.24, 2.45) is 0 Å².